The van der Waals surface area contributed by atoms with Crippen LogP contribution in [0.2, 0.25) is 0 Å². The second kappa shape index (κ2) is 57.5. The summed E-state index contributed by atoms with van der Waals surface area (Å²) in [7, 11) is 0. The Hall–Kier alpha value is 3.39. The van der Waals surface area contributed by atoms with Crippen LogP contribution in [0.25, 0.3) is 0 Å². The molecule has 0 spiro atoms. The first-order valence-corrected chi connectivity index (χ1v) is 1.00. The molecule has 0 aliphatic heterocycles. The Bertz CT molecular complexity index is 19.0. The topological polar surface area (TPSA) is 0 Å². The van der Waals surface area contributed by atoms with E-state index in [0.29, 0.717) is 0 Å². The molecule has 0 aliphatic carbocycles. The van der Waals surface area contributed by atoms with E-state index in [1.807, 2.05) is 30.8 Å². The molecule has 0 saturated heterocycles. The van der Waals surface area contributed by atoms with Gasteiger partial charge in [-0.25, -0.2) is 0 Å². The zero-order valence-corrected chi connectivity index (χ0v) is 3.00. The third-order valence-electron chi connectivity index (χ3n) is 0. The summed E-state index contributed by atoms with van der Waals surface area (Å²) in [6.07, 6.45) is 0. The van der Waals surface area contributed by atoms with E-state index in [1.54, 1.807) is 0 Å². The van der Waals surface area contributed by atoms with Gasteiger partial charge in [0, 0.05) is 2.97 Å². The number of hydrogen-bond donors (Lipinski definition) is 0. The van der Waals surface area contributed by atoms with Gasteiger partial charge in [0.15, 0.2) is 52.1 Å². The second-order valence-corrected chi connectivity index (χ2v) is 0. The molecule has 7 heavy (non-hydrogen) atoms. The van der Waals surface area contributed by atoms with E-state index in [-0.39, 0.29) is 79.8 Å². The molecule has 0 heterocycles. The molecule has 0 aromatic carbocycles. The first kappa shape index (κ1) is 31.5. The summed E-state index contributed by atoms with van der Waals surface area (Å²) in [6, 6.07) is 0. The molecule has 0 aromatic heterocycles. The van der Waals surface area contributed by atoms with Crippen molar-refractivity contribution in [2.45, 2.75) is 7.43 Å². The minimum atomic E-state index is 0. The van der Waals surface area contributed by atoms with Gasteiger partial charge in [-0.15, -0.1) is 0 Å². The fraction of sp³-hybridized carbons (Fsp3) is 1.00. The molecule has 0 radical (unpaired) electrons. The van der Waals surface area contributed by atoms with Gasteiger partial charge in [-0.3, -0.25) is 0 Å². The summed E-state index contributed by atoms with van der Waals surface area (Å²) < 4.78 is 10.0. The van der Waals surface area contributed by atoms with Crippen molar-refractivity contribution in [1.82, 2.24) is 0 Å². The van der Waals surface area contributed by atoms with Crippen LogP contribution in [-0.2, 0) is 0 Å². The van der Waals surface area contributed by atoms with E-state index >= 15 is 0 Å². The molecule has 0 nitrogen and oxygen atoms in total. The third kappa shape index (κ3) is 44.6. The van der Waals surface area contributed by atoms with Gasteiger partial charge in [-0.2, -0.15) is 0 Å². The Morgan fingerprint density at radius 1 is 1.29 bits per heavy atom. The standard InChI is InChI=1S/CH4.3Al.3Li.H2.10H/h1H4;;;;;;;1H;;;;;;;;;;/q;;;;;;+1;;;;;;;;;;;-1/i;;;;;;;1+2D;;;;;;;;;;. The predicted octanol–water partition coefficient (Wildman–Crippen LogP) is -6.31. The summed E-state index contributed by atoms with van der Waals surface area (Å²) in [4.78, 5) is 0. The average Bonchev–Trinajstić information content (AvgIpc) is 1.50. The van der Waals surface area contributed by atoms with Crippen LogP contribution in [-0.4, -0.2) is 82.9 Å². The molecule has 0 amide bonds. The second-order valence-electron chi connectivity index (χ2n) is 0. The van der Waals surface area contributed by atoms with Crippen molar-refractivity contribution in [1.29, 1.82) is 0 Å². The number of hydrogen-bond acceptors (Lipinski definition) is 0. The molecule has 6 heteroatoms. The van der Waals surface area contributed by atoms with Crippen molar-refractivity contribution in [2.75, 3.05) is 0 Å². The van der Waals surface area contributed by atoms with Gasteiger partial charge in [0.05, 0.1) is 0 Å². The summed E-state index contributed by atoms with van der Waals surface area (Å²) in [5, 5.41) is 0. The molecule has 0 bridgehead atoms. The summed E-state index contributed by atoms with van der Waals surface area (Å²) >= 11 is 4.00. The maximum atomic E-state index is 5.00. The van der Waals surface area contributed by atoms with Gasteiger partial charge in [0.2, 0.25) is 0 Å². The van der Waals surface area contributed by atoms with Crippen LogP contribution >= 0.6 is 0 Å². The molecule has 0 N–H and O–H groups in total. The van der Waals surface area contributed by atoms with Gasteiger partial charge in [-0.05, 0) is 0 Å². The van der Waals surface area contributed by atoms with Crippen molar-refractivity contribution in [3.05, 3.63) is 0 Å². The zero-order valence-electron chi connectivity index (χ0n) is 6.00. The van der Waals surface area contributed by atoms with Gasteiger partial charge in [-0.1, -0.05) is 7.43 Å². The molecule has 0 aromatic rings. The molecule has 0 unspecified atom stereocenters. The number of rotatable bonds is 0. The monoisotopic (exact) mass is 133 g/mol. The van der Waals surface area contributed by atoms with Gasteiger partial charge < -0.3 is 1.43 Å². The minimum absolute atomic E-state index is 0. The Morgan fingerprint density at radius 3 is 1.29 bits per heavy atom. The van der Waals surface area contributed by atoms with Crippen molar-refractivity contribution in [3.63, 3.8) is 0 Å². The molecular formula is CH16Al3Li3. The molecule has 0 fully saturated rings. The van der Waals surface area contributed by atoms with Crippen LogP contribution < -0.4 is 18.9 Å². The molecule has 0 rings (SSSR count). The van der Waals surface area contributed by atoms with Crippen LogP contribution in [0.15, 0.2) is 0 Å². The third-order valence-corrected chi connectivity index (χ3v) is 0. The van der Waals surface area contributed by atoms with E-state index < -0.39 is 0 Å². The fourth-order valence-corrected chi connectivity index (χ4v) is 0. The van der Waals surface area contributed by atoms with Crippen molar-refractivity contribution in [3.8, 4) is 0 Å². The van der Waals surface area contributed by atoms with E-state index in [4.69, 9.17) is 2.97 Å². The molecule has 0 atom stereocenters. The van der Waals surface area contributed by atoms with E-state index in [0.717, 1.165) is 0 Å². The quantitative estimate of drug-likeness (QED) is 0.288. The normalized spacial score (nSPS) is 2.29. The Kier molecular flexibility index (Phi) is 259. The van der Waals surface area contributed by atoms with Crippen LogP contribution in [0.5, 0.6) is 0 Å². The zero-order chi connectivity index (χ0) is 4.00. The first-order chi connectivity index (χ1) is 2.00. The Labute approximate surface area is 112 Å². The van der Waals surface area contributed by atoms with Crippen molar-refractivity contribution < 1.29 is 23.3 Å². The van der Waals surface area contributed by atoms with Crippen molar-refractivity contribution >= 4 is 82.9 Å². The summed E-state index contributed by atoms with van der Waals surface area (Å²) in [5.74, 6) is 0. The fourth-order valence-electron chi connectivity index (χ4n) is 0. The summed E-state index contributed by atoms with van der Waals surface area (Å²) in [5.41, 5.74) is 0. The Balaban J connectivity index is -0.000000000833. The molecule has 32 valence electrons. The van der Waals surface area contributed by atoms with E-state index in [9.17, 15) is 0 Å². The maximum absolute atomic E-state index is 5.00. The van der Waals surface area contributed by atoms with Crippen molar-refractivity contribution in [2.24, 2.45) is 0 Å². The Morgan fingerprint density at radius 2 is 1.29 bits per heavy atom. The first-order valence-electron chi connectivity index (χ1n) is 2.00. The molecule has 0 aliphatic rings. The van der Waals surface area contributed by atoms with E-state index in [1.165, 1.54) is 0 Å². The van der Waals surface area contributed by atoms with E-state index in [2.05, 4.69) is 0 Å². The van der Waals surface area contributed by atoms with Crippen LogP contribution in [0.1, 0.15) is 11.8 Å². The van der Waals surface area contributed by atoms with Gasteiger partial charge in [0.25, 0.3) is 0 Å². The van der Waals surface area contributed by atoms with Crippen LogP contribution in [0, 0.1) is 0 Å². The van der Waals surface area contributed by atoms with Crippen LogP contribution in [0.3, 0.4) is 0 Å². The van der Waals surface area contributed by atoms with Gasteiger partial charge in [0.1, 0.15) is 0 Å². The molecular weight excluding hydrogens is 114 g/mol. The van der Waals surface area contributed by atoms with Crippen LogP contribution in [0.4, 0.5) is 0 Å². The van der Waals surface area contributed by atoms with Gasteiger partial charge >= 0.3 is 49.6 Å². The average molecular weight is 133 g/mol. The molecule has 0 saturated carbocycles. The summed E-state index contributed by atoms with van der Waals surface area (Å²) in [6.45, 7) is 0. The SMILES string of the molecule is C.[2H][3H].[AlH3].[AlH3].[AlH3].[H-].[Li+].[Li][Li]. The predicted molar refractivity (Wildman–Crippen MR) is 51.3 cm³/mol.